The molecule has 1 atom stereocenters. The normalized spacial score (nSPS) is 12.5. The fourth-order valence-corrected chi connectivity index (χ4v) is 2.44. The zero-order chi connectivity index (χ0) is 17.7. The maximum Gasteiger partial charge on any atom is 0.230 e. The lowest BCUT2D eigenvalue weighted by Gasteiger charge is -2.25. The van der Waals surface area contributed by atoms with Gasteiger partial charge in [0.2, 0.25) is 5.91 Å². The van der Waals surface area contributed by atoms with E-state index in [1.807, 2.05) is 0 Å². The lowest BCUT2D eigenvalue weighted by Crippen LogP contribution is -2.42. The standard InChI is InChI=1S/C19H22FNO3/c1-19(2,15-6-4-5-7-16(15)20)18(23)21-12-17(22)13-8-10-14(24-3)11-9-13/h4-11,17,22H,12H2,1-3H3,(H,21,23)/t17-/m1/s1. The Kier molecular flexibility index (Phi) is 5.57. The molecule has 128 valence electrons. The summed E-state index contributed by atoms with van der Waals surface area (Å²) in [5, 5.41) is 12.9. The summed E-state index contributed by atoms with van der Waals surface area (Å²) in [5.74, 6) is -0.0795. The minimum atomic E-state index is -1.04. The van der Waals surface area contributed by atoms with Crippen molar-refractivity contribution in [2.45, 2.75) is 25.4 Å². The number of rotatable bonds is 6. The molecule has 0 aliphatic heterocycles. The Bertz CT molecular complexity index is 698. The van der Waals surface area contributed by atoms with E-state index in [2.05, 4.69) is 5.32 Å². The average molecular weight is 331 g/mol. The number of carbonyl (C=O) groups excluding carboxylic acids is 1. The van der Waals surface area contributed by atoms with Crippen molar-refractivity contribution in [2.24, 2.45) is 0 Å². The number of carbonyl (C=O) groups is 1. The monoisotopic (exact) mass is 331 g/mol. The quantitative estimate of drug-likeness (QED) is 0.855. The molecule has 2 rings (SSSR count). The van der Waals surface area contributed by atoms with E-state index in [0.717, 1.165) is 0 Å². The molecule has 0 aliphatic rings. The molecule has 0 saturated heterocycles. The average Bonchev–Trinajstić information content (AvgIpc) is 2.59. The number of benzene rings is 2. The molecule has 0 fully saturated rings. The first-order valence-corrected chi connectivity index (χ1v) is 7.71. The van der Waals surface area contributed by atoms with Crippen molar-refractivity contribution >= 4 is 5.91 Å². The maximum atomic E-state index is 13.9. The first-order chi connectivity index (χ1) is 11.4. The SMILES string of the molecule is COc1ccc([C@H](O)CNC(=O)C(C)(C)c2ccccc2F)cc1. The van der Waals surface area contributed by atoms with Crippen molar-refractivity contribution in [2.75, 3.05) is 13.7 Å². The van der Waals surface area contributed by atoms with Gasteiger partial charge < -0.3 is 15.2 Å². The van der Waals surface area contributed by atoms with Gasteiger partial charge in [0.25, 0.3) is 0 Å². The number of nitrogens with one attached hydrogen (secondary N) is 1. The lowest BCUT2D eigenvalue weighted by molar-refractivity contribution is -0.126. The number of aliphatic hydroxyl groups excluding tert-OH is 1. The third-order valence-corrected chi connectivity index (χ3v) is 4.07. The van der Waals surface area contributed by atoms with Crippen molar-refractivity contribution in [1.29, 1.82) is 0 Å². The smallest absolute Gasteiger partial charge is 0.230 e. The van der Waals surface area contributed by atoms with E-state index in [1.54, 1.807) is 63.4 Å². The Hall–Kier alpha value is -2.40. The van der Waals surface area contributed by atoms with Crippen LogP contribution in [-0.2, 0) is 10.2 Å². The zero-order valence-corrected chi connectivity index (χ0v) is 14.0. The van der Waals surface area contributed by atoms with Gasteiger partial charge in [-0.3, -0.25) is 4.79 Å². The number of amides is 1. The van der Waals surface area contributed by atoms with E-state index in [0.29, 0.717) is 16.9 Å². The molecule has 0 aromatic heterocycles. The minimum absolute atomic E-state index is 0.0447. The Labute approximate surface area is 141 Å². The highest BCUT2D eigenvalue weighted by molar-refractivity contribution is 5.87. The van der Waals surface area contributed by atoms with Crippen LogP contribution in [0, 0.1) is 5.82 Å². The number of ether oxygens (including phenoxy) is 1. The Balaban J connectivity index is 2.02. The number of methoxy groups -OCH3 is 1. The fourth-order valence-electron chi connectivity index (χ4n) is 2.44. The van der Waals surface area contributed by atoms with Crippen LogP contribution >= 0.6 is 0 Å². The second-order valence-corrected chi connectivity index (χ2v) is 6.10. The number of hydrogen-bond acceptors (Lipinski definition) is 3. The van der Waals surface area contributed by atoms with Crippen molar-refractivity contribution in [3.63, 3.8) is 0 Å². The molecule has 0 unspecified atom stereocenters. The van der Waals surface area contributed by atoms with Gasteiger partial charge in [0.1, 0.15) is 11.6 Å². The van der Waals surface area contributed by atoms with Crippen LogP contribution < -0.4 is 10.1 Å². The van der Waals surface area contributed by atoms with Crippen LogP contribution in [0.15, 0.2) is 48.5 Å². The summed E-state index contributed by atoms with van der Waals surface area (Å²) in [7, 11) is 1.57. The summed E-state index contributed by atoms with van der Waals surface area (Å²) in [6, 6.07) is 13.1. The zero-order valence-electron chi connectivity index (χ0n) is 14.0. The molecule has 0 saturated carbocycles. The first kappa shape index (κ1) is 17.9. The summed E-state index contributed by atoms with van der Waals surface area (Å²) in [5.41, 5.74) is -0.0495. The molecule has 2 N–H and O–H groups in total. The second kappa shape index (κ2) is 7.45. The molecule has 5 heteroatoms. The highest BCUT2D eigenvalue weighted by atomic mass is 19.1. The van der Waals surface area contributed by atoms with Gasteiger partial charge in [0.15, 0.2) is 0 Å². The van der Waals surface area contributed by atoms with Crippen LogP contribution in [0.1, 0.15) is 31.1 Å². The number of halogens is 1. The Morgan fingerprint density at radius 2 is 1.83 bits per heavy atom. The fraction of sp³-hybridized carbons (Fsp3) is 0.316. The highest BCUT2D eigenvalue weighted by Crippen LogP contribution is 2.26. The summed E-state index contributed by atoms with van der Waals surface area (Å²) < 4.78 is 19.0. The van der Waals surface area contributed by atoms with Gasteiger partial charge in [-0.15, -0.1) is 0 Å². The number of aliphatic hydroxyl groups is 1. The molecule has 0 spiro atoms. The Morgan fingerprint density at radius 3 is 2.42 bits per heavy atom. The highest BCUT2D eigenvalue weighted by Gasteiger charge is 2.32. The molecule has 0 heterocycles. The van der Waals surface area contributed by atoms with Crippen LogP contribution in [0.3, 0.4) is 0 Å². The van der Waals surface area contributed by atoms with Gasteiger partial charge in [0.05, 0.1) is 18.6 Å². The third-order valence-electron chi connectivity index (χ3n) is 4.07. The first-order valence-electron chi connectivity index (χ1n) is 7.71. The van der Waals surface area contributed by atoms with Crippen molar-refractivity contribution in [3.05, 3.63) is 65.5 Å². The molecule has 0 bridgehead atoms. The predicted molar refractivity (Wildman–Crippen MR) is 90.4 cm³/mol. The van der Waals surface area contributed by atoms with Gasteiger partial charge in [-0.1, -0.05) is 30.3 Å². The van der Waals surface area contributed by atoms with Gasteiger partial charge in [-0.25, -0.2) is 4.39 Å². The second-order valence-electron chi connectivity index (χ2n) is 6.10. The van der Waals surface area contributed by atoms with Gasteiger partial charge >= 0.3 is 0 Å². The summed E-state index contributed by atoms with van der Waals surface area (Å²) in [4.78, 5) is 12.4. The summed E-state index contributed by atoms with van der Waals surface area (Å²) >= 11 is 0. The molecule has 0 radical (unpaired) electrons. The van der Waals surface area contributed by atoms with Crippen LogP contribution in [0.5, 0.6) is 5.75 Å². The van der Waals surface area contributed by atoms with Crippen molar-refractivity contribution in [3.8, 4) is 5.75 Å². The third kappa shape index (κ3) is 3.92. The molecule has 4 nitrogen and oxygen atoms in total. The molecule has 0 aliphatic carbocycles. The van der Waals surface area contributed by atoms with Crippen LogP contribution in [-0.4, -0.2) is 24.7 Å². The van der Waals surface area contributed by atoms with Gasteiger partial charge in [-0.05, 0) is 37.6 Å². The topological polar surface area (TPSA) is 58.6 Å². The van der Waals surface area contributed by atoms with E-state index < -0.39 is 17.3 Å². The van der Waals surface area contributed by atoms with E-state index in [1.165, 1.54) is 6.07 Å². The Morgan fingerprint density at radius 1 is 1.21 bits per heavy atom. The minimum Gasteiger partial charge on any atom is -0.497 e. The van der Waals surface area contributed by atoms with Crippen molar-refractivity contribution < 1.29 is 19.0 Å². The molecule has 1 amide bonds. The largest absolute Gasteiger partial charge is 0.497 e. The van der Waals surface area contributed by atoms with Crippen LogP contribution in [0.4, 0.5) is 4.39 Å². The van der Waals surface area contributed by atoms with E-state index in [4.69, 9.17) is 4.74 Å². The summed E-state index contributed by atoms with van der Waals surface area (Å²) in [6.07, 6.45) is -0.851. The van der Waals surface area contributed by atoms with Crippen molar-refractivity contribution in [1.82, 2.24) is 5.32 Å². The van der Waals surface area contributed by atoms with Crippen LogP contribution in [0.2, 0.25) is 0 Å². The van der Waals surface area contributed by atoms with Gasteiger partial charge in [0, 0.05) is 12.1 Å². The maximum absolute atomic E-state index is 13.9. The predicted octanol–water partition coefficient (Wildman–Crippen LogP) is 2.96. The summed E-state index contributed by atoms with van der Waals surface area (Å²) in [6.45, 7) is 3.35. The molecular formula is C19H22FNO3. The molecule has 2 aromatic carbocycles. The van der Waals surface area contributed by atoms with E-state index >= 15 is 0 Å². The van der Waals surface area contributed by atoms with Crippen LogP contribution in [0.25, 0.3) is 0 Å². The van der Waals surface area contributed by atoms with Gasteiger partial charge in [-0.2, -0.15) is 0 Å². The molecule has 2 aromatic rings. The number of hydrogen-bond donors (Lipinski definition) is 2. The lowest BCUT2D eigenvalue weighted by atomic mass is 9.83. The molecular weight excluding hydrogens is 309 g/mol. The van der Waals surface area contributed by atoms with E-state index in [9.17, 15) is 14.3 Å². The van der Waals surface area contributed by atoms with E-state index in [-0.39, 0.29) is 12.5 Å². The molecule has 24 heavy (non-hydrogen) atoms.